The highest BCUT2D eigenvalue weighted by Crippen LogP contribution is 2.33. The Morgan fingerprint density at radius 3 is 2.36 bits per heavy atom. The van der Waals surface area contributed by atoms with E-state index in [0.717, 1.165) is 12.1 Å². The number of anilines is 1. The zero-order chi connectivity index (χ0) is 18.5. The van der Waals surface area contributed by atoms with Crippen LogP contribution in [0.15, 0.2) is 24.3 Å². The third kappa shape index (κ3) is 2.75. The molecule has 2 amide bonds. The summed E-state index contributed by atoms with van der Waals surface area (Å²) < 4.78 is 39.4. The molecule has 1 unspecified atom stereocenters. The van der Waals surface area contributed by atoms with Crippen LogP contribution < -0.4 is 10.6 Å². The first-order valence-corrected chi connectivity index (χ1v) is 7.45. The number of carbonyl (C=O) groups excluding carboxylic acids is 2. The summed E-state index contributed by atoms with van der Waals surface area (Å²) in [6.07, 6.45) is -4.47. The van der Waals surface area contributed by atoms with E-state index in [2.05, 4.69) is 5.10 Å². The van der Waals surface area contributed by atoms with Gasteiger partial charge >= 0.3 is 6.18 Å². The molecule has 2 aromatic rings. The summed E-state index contributed by atoms with van der Waals surface area (Å²) in [5.74, 6) is -1.11. The van der Waals surface area contributed by atoms with Gasteiger partial charge in [-0.2, -0.15) is 18.3 Å². The molecule has 0 spiro atoms. The minimum absolute atomic E-state index is 0.0902. The highest BCUT2D eigenvalue weighted by Gasteiger charge is 2.38. The maximum atomic E-state index is 12.8. The van der Waals surface area contributed by atoms with Gasteiger partial charge in [0.25, 0.3) is 5.91 Å². The average Bonchev–Trinajstić information content (AvgIpc) is 2.82. The molecule has 6 nitrogen and oxygen atoms in total. The normalized spacial score (nSPS) is 17.6. The van der Waals surface area contributed by atoms with Crippen LogP contribution in [0, 0.1) is 13.8 Å². The molecular formula is C16H15F3N4O2. The molecule has 9 heteroatoms. The third-order valence-electron chi connectivity index (χ3n) is 4.32. The van der Waals surface area contributed by atoms with Crippen molar-refractivity contribution < 1.29 is 22.8 Å². The number of amides is 2. The summed E-state index contributed by atoms with van der Waals surface area (Å²) in [7, 11) is 0. The predicted molar refractivity (Wildman–Crippen MR) is 83.1 cm³/mol. The summed E-state index contributed by atoms with van der Waals surface area (Å²) in [5.41, 5.74) is 6.27. The van der Waals surface area contributed by atoms with Gasteiger partial charge in [0.05, 0.1) is 17.8 Å². The summed E-state index contributed by atoms with van der Waals surface area (Å²) in [4.78, 5) is 25.8. The second-order valence-electron chi connectivity index (χ2n) is 5.88. The van der Waals surface area contributed by atoms with Gasteiger partial charge in [-0.05, 0) is 38.1 Å². The molecule has 0 bridgehead atoms. The van der Waals surface area contributed by atoms with Crippen molar-refractivity contribution in [3.63, 3.8) is 0 Å². The molecule has 2 heterocycles. The van der Waals surface area contributed by atoms with Crippen LogP contribution >= 0.6 is 0 Å². The summed E-state index contributed by atoms with van der Waals surface area (Å²) in [6, 6.07) is 3.31. The van der Waals surface area contributed by atoms with Crippen LogP contribution in [0.25, 0.3) is 0 Å². The fourth-order valence-corrected chi connectivity index (χ4v) is 2.84. The van der Waals surface area contributed by atoms with Gasteiger partial charge in [0.1, 0.15) is 11.7 Å². The summed E-state index contributed by atoms with van der Waals surface area (Å²) in [5, 5.41) is 4.20. The molecule has 0 saturated carbocycles. The summed E-state index contributed by atoms with van der Waals surface area (Å²) in [6.45, 7) is 3.31. The Morgan fingerprint density at radius 1 is 1.24 bits per heavy atom. The van der Waals surface area contributed by atoms with Crippen LogP contribution in [0.5, 0.6) is 0 Å². The molecule has 0 saturated heterocycles. The van der Waals surface area contributed by atoms with Gasteiger partial charge in [0, 0.05) is 11.3 Å². The van der Waals surface area contributed by atoms with Crippen LogP contribution in [0.2, 0.25) is 0 Å². The fourth-order valence-electron chi connectivity index (χ4n) is 2.84. The van der Waals surface area contributed by atoms with Crippen molar-refractivity contribution in [3.8, 4) is 0 Å². The van der Waals surface area contributed by atoms with Gasteiger partial charge < -0.3 is 10.6 Å². The van der Waals surface area contributed by atoms with E-state index < -0.39 is 29.6 Å². The molecule has 0 aliphatic carbocycles. The van der Waals surface area contributed by atoms with Gasteiger partial charge in [-0.15, -0.1) is 0 Å². The number of halogens is 3. The number of rotatable bonds is 2. The van der Waals surface area contributed by atoms with E-state index in [9.17, 15) is 22.8 Å². The number of nitrogens with two attached hydrogens (primary N) is 1. The van der Waals surface area contributed by atoms with Crippen LogP contribution in [0.4, 0.5) is 18.9 Å². The van der Waals surface area contributed by atoms with Gasteiger partial charge in [0.2, 0.25) is 5.91 Å². The molecule has 0 fully saturated rings. The Kier molecular flexibility index (Phi) is 3.81. The van der Waals surface area contributed by atoms with E-state index in [-0.39, 0.29) is 17.9 Å². The molecule has 1 atom stereocenters. The lowest BCUT2D eigenvalue weighted by molar-refractivity contribution is -0.137. The lowest BCUT2D eigenvalue weighted by Gasteiger charge is -2.32. The lowest BCUT2D eigenvalue weighted by atomic mass is 10.1. The SMILES string of the molecule is Cc1nn2c(c1C)C(=O)N(c1ccc(C(F)(F)F)cc1)CC2C(N)=O. The lowest BCUT2D eigenvalue weighted by Crippen LogP contribution is -2.48. The number of hydrogen-bond acceptors (Lipinski definition) is 3. The summed E-state index contributed by atoms with van der Waals surface area (Å²) >= 11 is 0. The number of fused-ring (bicyclic) bond motifs is 1. The maximum Gasteiger partial charge on any atom is 0.416 e. The van der Waals surface area contributed by atoms with Crippen LogP contribution in [0.1, 0.15) is 33.4 Å². The topological polar surface area (TPSA) is 81.2 Å². The molecule has 1 aromatic carbocycles. The molecule has 1 aliphatic rings. The average molecular weight is 352 g/mol. The quantitative estimate of drug-likeness (QED) is 0.900. The van der Waals surface area contributed by atoms with Gasteiger partial charge in [-0.3, -0.25) is 9.59 Å². The minimum Gasteiger partial charge on any atom is -0.368 e. The molecule has 25 heavy (non-hydrogen) atoms. The van der Waals surface area contributed by atoms with E-state index >= 15 is 0 Å². The first-order valence-electron chi connectivity index (χ1n) is 7.45. The van der Waals surface area contributed by atoms with E-state index in [0.29, 0.717) is 11.3 Å². The molecule has 132 valence electrons. The number of primary amides is 1. The number of aromatic nitrogens is 2. The molecule has 0 radical (unpaired) electrons. The third-order valence-corrected chi connectivity index (χ3v) is 4.32. The van der Waals surface area contributed by atoms with Crippen molar-refractivity contribution in [2.75, 3.05) is 11.4 Å². The van der Waals surface area contributed by atoms with Crippen molar-refractivity contribution in [2.24, 2.45) is 5.73 Å². The molecule has 2 N–H and O–H groups in total. The smallest absolute Gasteiger partial charge is 0.368 e. The zero-order valence-electron chi connectivity index (χ0n) is 13.5. The monoisotopic (exact) mass is 352 g/mol. The van der Waals surface area contributed by atoms with Crippen molar-refractivity contribution in [3.05, 3.63) is 46.8 Å². The van der Waals surface area contributed by atoms with E-state index in [1.54, 1.807) is 13.8 Å². The highest BCUT2D eigenvalue weighted by atomic mass is 19.4. The van der Waals surface area contributed by atoms with Crippen LogP contribution in [-0.4, -0.2) is 28.1 Å². The second-order valence-corrected chi connectivity index (χ2v) is 5.88. The van der Waals surface area contributed by atoms with Crippen molar-refractivity contribution in [2.45, 2.75) is 26.1 Å². The van der Waals surface area contributed by atoms with E-state index in [1.165, 1.54) is 21.7 Å². The Labute approximate surface area is 141 Å². The number of alkyl halides is 3. The number of benzene rings is 1. The maximum absolute atomic E-state index is 12.8. The van der Waals surface area contributed by atoms with Gasteiger partial charge in [-0.1, -0.05) is 0 Å². The van der Waals surface area contributed by atoms with Crippen molar-refractivity contribution >= 4 is 17.5 Å². The van der Waals surface area contributed by atoms with Gasteiger partial charge in [-0.25, -0.2) is 4.68 Å². The standard InChI is InChI=1S/C16H15F3N4O2/c1-8-9(2)21-23-12(14(20)24)7-22(15(25)13(8)23)11-5-3-10(4-6-11)16(17,18)19/h3-6,12H,7H2,1-2H3,(H2,20,24). The largest absolute Gasteiger partial charge is 0.416 e. The molecular weight excluding hydrogens is 337 g/mol. The Morgan fingerprint density at radius 2 is 1.84 bits per heavy atom. The number of nitrogens with zero attached hydrogens (tertiary/aromatic N) is 3. The Balaban J connectivity index is 2.05. The number of hydrogen-bond donors (Lipinski definition) is 1. The van der Waals surface area contributed by atoms with Crippen molar-refractivity contribution in [1.82, 2.24) is 9.78 Å². The predicted octanol–water partition coefficient (Wildman–Crippen LogP) is 2.21. The fraction of sp³-hybridized carbons (Fsp3) is 0.312. The minimum atomic E-state index is -4.47. The molecule has 1 aliphatic heterocycles. The second kappa shape index (κ2) is 5.61. The van der Waals surface area contributed by atoms with Crippen LogP contribution in [0.3, 0.4) is 0 Å². The number of carbonyl (C=O) groups is 2. The zero-order valence-corrected chi connectivity index (χ0v) is 13.5. The Hall–Kier alpha value is -2.84. The molecule has 3 rings (SSSR count). The van der Waals surface area contributed by atoms with Crippen molar-refractivity contribution in [1.29, 1.82) is 0 Å². The molecule has 1 aromatic heterocycles. The highest BCUT2D eigenvalue weighted by molar-refractivity contribution is 6.08. The first kappa shape index (κ1) is 17.0. The van der Waals surface area contributed by atoms with E-state index in [4.69, 9.17) is 5.73 Å². The Bertz CT molecular complexity index is 856. The van der Waals surface area contributed by atoms with Crippen LogP contribution in [-0.2, 0) is 11.0 Å². The first-order chi connectivity index (χ1) is 11.6. The van der Waals surface area contributed by atoms with Gasteiger partial charge in [0.15, 0.2) is 0 Å². The number of aryl methyl sites for hydroxylation is 1. The van der Waals surface area contributed by atoms with E-state index in [1.807, 2.05) is 0 Å².